The van der Waals surface area contributed by atoms with E-state index in [9.17, 15) is 9.18 Å². The molecule has 0 saturated heterocycles. The maximum absolute atomic E-state index is 14.3. The summed E-state index contributed by atoms with van der Waals surface area (Å²) in [6.45, 7) is 1.87. The number of H-pyrrole nitrogens is 1. The second-order valence-electron chi connectivity index (χ2n) is 4.84. The minimum atomic E-state index is -0.783. The molecule has 9 heteroatoms. The maximum atomic E-state index is 14.3. The molecule has 0 unspecified atom stereocenters. The molecule has 1 amide bonds. The molecular weight excluding hydrogens is 301 g/mol. The fourth-order valence-electron chi connectivity index (χ4n) is 2.03. The van der Waals surface area contributed by atoms with Crippen LogP contribution in [0.5, 0.6) is 0 Å². The van der Waals surface area contributed by atoms with E-state index in [2.05, 4.69) is 30.9 Å². The third-order valence-corrected chi connectivity index (χ3v) is 3.08. The molecule has 23 heavy (non-hydrogen) atoms. The van der Waals surface area contributed by atoms with Crippen LogP contribution < -0.4 is 11.1 Å². The lowest BCUT2D eigenvalue weighted by molar-refractivity contribution is 0.102. The Kier molecular flexibility index (Phi) is 3.67. The van der Waals surface area contributed by atoms with Gasteiger partial charge in [-0.15, -0.1) is 10.2 Å². The topological polar surface area (TPSA) is 122 Å². The lowest BCUT2D eigenvalue weighted by Gasteiger charge is -2.10. The molecule has 1 aromatic carbocycles. The molecule has 3 aromatic rings. The Labute approximate surface area is 129 Å². The summed E-state index contributed by atoms with van der Waals surface area (Å²) >= 11 is 0. The van der Waals surface area contributed by atoms with E-state index in [0.717, 1.165) is 11.6 Å². The van der Waals surface area contributed by atoms with Gasteiger partial charge < -0.3 is 11.1 Å². The zero-order chi connectivity index (χ0) is 16.4. The number of benzene rings is 1. The van der Waals surface area contributed by atoms with Crippen molar-refractivity contribution in [1.82, 2.24) is 25.6 Å². The normalized spacial score (nSPS) is 10.5. The number of hydrogen-bond acceptors (Lipinski definition) is 6. The molecule has 0 bridgehead atoms. The summed E-state index contributed by atoms with van der Waals surface area (Å²) in [5, 5.41) is 15.7. The number of halogens is 1. The number of aromatic amines is 1. The van der Waals surface area contributed by atoms with Crippen molar-refractivity contribution < 1.29 is 9.18 Å². The molecule has 0 fully saturated rings. The number of amides is 1. The van der Waals surface area contributed by atoms with Crippen molar-refractivity contribution in [3.05, 3.63) is 47.4 Å². The van der Waals surface area contributed by atoms with Crippen LogP contribution in [0.25, 0.3) is 11.4 Å². The van der Waals surface area contributed by atoms with Crippen molar-refractivity contribution in [3.63, 3.8) is 0 Å². The standard InChI is InChI=1S/C14H12FN7O/c1-7-2-3-11(17-6-7)18-14(23)12-9(13-19-21-22-20-13)4-8(16)5-10(12)15/h2-6H,16H2,1H3,(H,17,18,23)(H,19,20,21,22). The first-order valence-corrected chi connectivity index (χ1v) is 6.61. The Balaban J connectivity index is 2.01. The highest BCUT2D eigenvalue weighted by Crippen LogP contribution is 2.26. The van der Waals surface area contributed by atoms with Gasteiger partial charge in [-0.25, -0.2) is 9.37 Å². The SMILES string of the molecule is Cc1ccc(NC(=O)c2c(F)cc(N)cc2-c2nn[nH]n2)nc1. The van der Waals surface area contributed by atoms with Crippen LogP contribution in [0.15, 0.2) is 30.5 Å². The molecule has 2 aromatic heterocycles. The summed E-state index contributed by atoms with van der Waals surface area (Å²) in [5.74, 6) is -1.10. The number of nitrogens with zero attached hydrogens (tertiary/aromatic N) is 4. The average Bonchev–Trinajstić information content (AvgIpc) is 3.03. The highest BCUT2D eigenvalue weighted by molar-refractivity contribution is 6.08. The van der Waals surface area contributed by atoms with Crippen molar-refractivity contribution in [2.75, 3.05) is 11.1 Å². The van der Waals surface area contributed by atoms with Gasteiger partial charge in [-0.2, -0.15) is 5.21 Å². The number of pyridine rings is 1. The van der Waals surface area contributed by atoms with E-state index in [1.54, 1.807) is 18.3 Å². The molecule has 0 aliphatic rings. The molecule has 116 valence electrons. The number of nitrogen functional groups attached to an aromatic ring is 1. The summed E-state index contributed by atoms with van der Waals surface area (Å²) < 4.78 is 14.3. The van der Waals surface area contributed by atoms with Gasteiger partial charge in [0.05, 0.1) is 5.56 Å². The van der Waals surface area contributed by atoms with Crippen LogP contribution in [0.2, 0.25) is 0 Å². The van der Waals surface area contributed by atoms with Gasteiger partial charge in [0.25, 0.3) is 5.91 Å². The lowest BCUT2D eigenvalue weighted by atomic mass is 10.0. The van der Waals surface area contributed by atoms with E-state index in [4.69, 9.17) is 5.73 Å². The molecule has 0 saturated carbocycles. The van der Waals surface area contributed by atoms with Crippen molar-refractivity contribution in [1.29, 1.82) is 0 Å². The number of aryl methyl sites for hydroxylation is 1. The van der Waals surface area contributed by atoms with E-state index >= 15 is 0 Å². The minimum Gasteiger partial charge on any atom is -0.399 e. The summed E-state index contributed by atoms with van der Waals surface area (Å²) in [6.07, 6.45) is 1.59. The Morgan fingerprint density at radius 2 is 2.17 bits per heavy atom. The third kappa shape index (κ3) is 2.98. The second kappa shape index (κ2) is 5.79. The molecule has 0 spiro atoms. The fourth-order valence-corrected chi connectivity index (χ4v) is 2.03. The number of nitrogens with two attached hydrogens (primary N) is 1. The highest BCUT2D eigenvalue weighted by Gasteiger charge is 2.22. The number of carbonyl (C=O) groups excluding carboxylic acids is 1. The van der Waals surface area contributed by atoms with E-state index in [0.29, 0.717) is 5.82 Å². The zero-order valence-corrected chi connectivity index (χ0v) is 12.0. The number of nitrogens with one attached hydrogen (secondary N) is 2. The molecule has 4 N–H and O–H groups in total. The van der Waals surface area contributed by atoms with Gasteiger partial charge in [0, 0.05) is 17.4 Å². The van der Waals surface area contributed by atoms with Crippen LogP contribution in [-0.4, -0.2) is 31.5 Å². The van der Waals surface area contributed by atoms with Crippen molar-refractivity contribution in [3.8, 4) is 11.4 Å². The number of anilines is 2. The molecule has 0 radical (unpaired) electrons. The van der Waals surface area contributed by atoms with Crippen molar-refractivity contribution in [2.45, 2.75) is 6.92 Å². The van der Waals surface area contributed by atoms with Crippen LogP contribution in [0.4, 0.5) is 15.9 Å². The zero-order valence-electron chi connectivity index (χ0n) is 12.0. The maximum Gasteiger partial charge on any atom is 0.260 e. The summed E-state index contributed by atoms with van der Waals surface area (Å²) in [6, 6.07) is 5.87. The molecule has 8 nitrogen and oxygen atoms in total. The van der Waals surface area contributed by atoms with E-state index in [-0.39, 0.29) is 22.6 Å². The predicted molar refractivity (Wildman–Crippen MR) is 80.9 cm³/mol. The van der Waals surface area contributed by atoms with Crippen LogP contribution >= 0.6 is 0 Å². The second-order valence-corrected chi connectivity index (χ2v) is 4.84. The van der Waals surface area contributed by atoms with Crippen molar-refractivity contribution >= 4 is 17.4 Å². The van der Waals surface area contributed by atoms with Crippen LogP contribution in [0, 0.1) is 12.7 Å². The average molecular weight is 313 g/mol. The number of tetrazole rings is 1. The quantitative estimate of drug-likeness (QED) is 0.630. The summed E-state index contributed by atoms with van der Waals surface area (Å²) in [7, 11) is 0. The molecular formula is C14H12FN7O. The molecule has 2 heterocycles. The molecule has 3 rings (SSSR count). The molecule has 0 atom stereocenters. The van der Waals surface area contributed by atoms with Gasteiger partial charge in [-0.1, -0.05) is 6.07 Å². The number of carbonyl (C=O) groups is 1. The Bertz CT molecular complexity index is 846. The third-order valence-electron chi connectivity index (χ3n) is 3.08. The van der Waals surface area contributed by atoms with Crippen molar-refractivity contribution in [2.24, 2.45) is 0 Å². The van der Waals surface area contributed by atoms with Gasteiger partial charge in [0.1, 0.15) is 11.6 Å². The monoisotopic (exact) mass is 313 g/mol. The van der Waals surface area contributed by atoms with Gasteiger partial charge in [-0.3, -0.25) is 4.79 Å². The first-order chi connectivity index (χ1) is 11.0. The van der Waals surface area contributed by atoms with E-state index < -0.39 is 11.7 Å². The molecule has 0 aliphatic heterocycles. The Hall–Kier alpha value is -3.36. The first kappa shape index (κ1) is 14.6. The minimum absolute atomic E-state index is 0.0678. The highest BCUT2D eigenvalue weighted by atomic mass is 19.1. The summed E-state index contributed by atoms with van der Waals surface area (Å²) in [4.78, 5) is 16.5. The van der Waals surface area contributed by atoms with Gasteiger partial charge >= 0.3 is 0 Å². The fraction of sp³-hybridized carbons (Fsp3) is 0.0714. The Morgan fingerprint density at radius 1 is 1.35 bits per heavy atom. The molecule has 0 aliphatic carbocycles. The Morgan fingerprint density at radius 3 is 2.83 bits per heavy atom. The first-order valence-electron chi connectivity index (χ1n) is 6.61. The number of aromatic nitrogens is 5. The lowest BCUT2D eigenvalue weighted by Crippen LogP contribution is -2.16. The van der Waals surface area contributed by atoms with E-state index in [1.165, 1.54) is 6.07 Å². The van der Waals surface area contributed by atoms with Gasteiger partial charge in [-0.05, 0) is 35.9 Å². The van der Waals surface area contributed by atoms with E-state index in [1.807, 2.05) is 6.92 Å². The van der Waals surface area contributed by atoms with Gasteiger partial charge in [0.2, 0.25) is 5.82 Å². The largest absolute Gasteiger partial charge is 0.399 e. The van der Waals surface area contributed by atoms with Crippen LogP contribution in [0.3, 0.4) is 0 Å². The predicted octanol–water partition coefficient (Wildman–Crippen LogP) is 1.54. The van der Waals surface area contributed by atoms with Crippen LogP contribution in [0.1, 0.15) is 15.9 Å². The summed E-state index contributed by atoms with van der Waals surface area (Å²) in [5.41, 5.74) is 6.62. The van der Waals surface area contributed by atoms with Gasteiger partial charge in [0.15, 0.2) is 0 Å². The smallest absolute Gasteiger partial charge is 0.260 e. The number of rotatable bonds is 3. The number of hydrogen-bond donors (Lipinski definition) is 3. The van der Waals surface area contributed by atoms with Crippen LogP contribution in [-0.2, 0) is 0 Å².